The molecule has 0 atom stereocenters. The highest BCUT2D eigenvalue weighted by Crippen LogP contribution is 2.27. The highest BCUT2D eigenvalue weighted by molar-refractivity contribution is 5.68. The second-order valence-corrected chi connectivity index (χ2v) is 8.68. The average Bonchev–Trinajstić information content (AvgIpc) is 2.62. The smallest absolute Gasteiger partial charge is 0.410 e. The molecule has 156 valence electrons. The van der Waals surface area contributed by atoms with Crippen molar-refractivity contribution in [3.63, 3.8) is 0 Å². The van der Waals surface area contributed by atoms with Crippen molar-refractivity contribution in [2.24, 2.45) is 0 Å². The van der Waals surface area contributed by atoms with Crippen LogP contribution in [0, 0.1) is 13.8 Å². The van der Waals surface area contributed by atoms with Crippen LogP contribution in [0.15, 0.2) is 42.5 Å². The fraction of sp³-hybridized carbons (Fsp3) is 0.458. The SMILES string of the molecule is Cc1cc(C)cc(Oc2ccc(OC3CCN(C(=O)OC(C)(C)C)CC3)cc2)c1. The number of piperidine rings is 1. The van der Waals surface area contributed by atoms with Gasteiger partial charge in [-0.1, -0.05) is 6.07 Å². The van der Waals surface area contributed by atoms with Gasteiger partial charge in [-0.25, -0.2) is 4.79 Å². The van der Waals surface area contributed by atoms with Crippen LogP contribution in [0.5, 0.6) is 17.2 Å². The Bertz CT molecular complexity index is 811. The molecule has 0 unspecified atom stereocenters. The minimum atomic E-state index is -0.467. The van der Waals surface area contributed by atoms with Crippen molar-refractivity contribution in [2.45, 2.75) is 59.2 Å². The van der Waals surface area contributed by atoms with Gasteiger partial charge in [0, 0.05) is 25.9 Å². The van der Waals surface area contributed by atoms with E-state index in [9.17, 15) is 4.79 Å². The van der Waals surface area contributed by atoms with E-state index in [4.69, 9.17) is 14.2 Å². The van der Waals surface area contributed by atoms with Gasteiger partial charge in [0.2, 0.25) is 0 Å². The molecule has 1 aliphatic rings. The van der Waals surface area contributed by atoms with Crippen LogP contribution in [0.2, 0.25) is 0 Å². The number of aryl methyl sites for hydroxylation is 2. The molecule has 1 amide bonds. The van der Waals surface area contributed by atoms with Crippen LogP contribution in [0.25, 0.3) is 0 Å². The Morgan fingerprint density at radius 3 is 2.00 bits per heavy atom. The standard InChI is InChI=1S/C24H31NO4/c1-17-14-18(2)16-22(15-17)28-20-8-6-19(7-9-20)27-21-10-12-25(13-11-21)23(26)29-24(3,4)5/h6-9,14-16,21H,10-13H2,1-5H3. The lowest BCUT2D eigenvalue weighted by molar-refractivity contribution is 0.0126. The lowest BCUT2D eigenvalue weighted by Crippen LogP contribution is -2.44. The molecule has 0 spiro atoms. The molecule has 29 heavy (non-hydrogen) atoms. The molecule has 1 aliphatic heterocycles. The molecule has 3 rings (SSSR count). The topological polar surface area (TPSA) is 48.0 Å². The van der Waals surface area contributed by atoms with Gasteiger partial charge in [0.15, 0.2) is 0 Å². The number of likely N-dealkylation sites (tertiary alicyclic amines) is 1. The van der Waals surface area contributed by atoms with E-state index in [2.05, 4.69) is 19.9 Å². The predicted molar refractivity (Wildman–Crippen MR) is 114 cm³/mol. The zero-order valence-electron chi connectivity index (χ0n) is 18.0. The highest BCUT2D eigenvalue weighted by Gasteiger charge is 2.27. The lowest BCUT2D eigenvalue weighted by atomic mass is 10.1. The van der Waals surface area contributed by atoms with E-state index in [-0.39, 0.29) is 12.2 Å². The maximum absolute atomic E-state index is 12.2. The summed E-state index contributed by atoms with van der Waals surface area (Å²) in [5, 5.41) is 0. The molecule has 0 radical (unpaired) electrons. The van der Waals surface area contributed by atoms with Crippen molar-refractivity contribution in [3.05, 3.63) is 53.6 Å². The lowest BCUT2D eigenvalue weighted by Gasteiger charge is -2.33. The first-order valence-electron chi connectivity index (χ1n) is 10.2. The summed E-state index contributed by atoms with van der Waals surface area (Å²) in [6.45, 7) is 11.1. The number of hydrogen-bond acceptors (Lipinski definition) is 4. The summed E-state index contributed by atoms with van der Waals surface area (Å²) < 4.78 is 17.5. The van der Waals surface area contributed by atoms with Gasteiger partial charge in [-0.15, -0.1) is 0 Å². The third-order valence-electron chi connectivity index (χ3n) is 4.65. The minimum Gasteiger partial charge on any atom is -0.490 e. The van der Waals surface area contributed by atoms with Crippen molar-refractivity contribution >= 4 is 6.09 Å². The monoisotopic (exact) mass is 397 g/mol. The Kier molecular flexibility index (Phi) is 6.36. The normalized spacial score (nSPS) is 15.1. The molecule has 0 N–H and O–H groups in total. The number of benzene rings is 2. The molecule has 5 heteroatoms. The van der Waals surface area contributed by atoms with E-state index in [1.54, 1.807) is 4.90 Å². The summed E-state index contributed by atoms with van der Waals surface area (Å²) in [5.41, 5.74) is 1.89. The molecule has 1 fully saturated rings. The number of amides is 1. The molecule has 2 aromatic carbocycles. The number of hydrogen-bond donors (Lipinski definition) is 0. The first-order valence-corrected chi connectivity index (χ1v) is 10.2. The van der Waals surface area contributed by atoms with Gasteiger partial charge in [-0.05, 0) is 82.1 Å². The third kappa shape index (κ3) is 6.41. The van der Waals surface area contributed by atoms with Crippen LogP contribution in [0.3, 0.4) is 0 Å². The minimum absolute atomic E-state index is 0.0971. The van der Waals surface area contributed by atoms with E-state index in [1.165, 1.54) is 11.1 Å². The second kappa shape index (κ2) is 8.76. The highest BCUT2D eigenvalue weighted by atomic mass is 16.6. The second-order valence-electron chi connectivity index (χ2n) is 8.68. The quantitative estimate of drug-likeness (QED) is 0.647. The molecule has 2 aromatic rings. The fourth-order valence-corrected chi connectivity index (χ4v) is 3.39. The van der Waals surface area contributed by atoms with Gasteiger partial charge < -0.3 is 19.1 Å². The summed E-state index contributed by atoms with van der Waals surface area (Å²) in [6.07, 6.45) is 1.43. The molecule has 0 aliphatic carbocycles. The predicted octanol–water partition coefficient (Wildman–Crippen LogP) is 5.87. The Hall–Kier alpha value is -2.69. The fourth-order valence-electron chi connectivity index (χ4n) is 3.39. The van der Waals surface area contributed by atoms with E-state index in [1.807, 2.05) is 57.2 Å². The van der Waals surface area contributed by atoms with Crippen LogP contribution >= 0.6 is 0 Å². The maximum Gasteiger partial charge on any atom is 0.410 e. The van der Waals surface area contributed by atoms with Gasteiger partial charge in [-0.2, -0.15) is 0 Å². The van der Waals surface area contributed by atoms with E-state index >= 15 is 0 Å². The maximum atomic E-state index is 12.2. The molecule has 0 bridgehead atoms. The summed E-state index contributed by atoms with van der Waals surface area (Å²) >= 11 is 0. The van der Waals surface area contributed by atoms with Gasteiger partial charge in [-0.3, -0.25) is 0 Å². The zero-order chi connectivity index (χ0) is 21.0. The average molecular weight is 398 g/mol. The number of ether oxygens (including phenoxy) is 3. The zero-order valence-corrected chi connectivity index (χ0v) is 18.0. The van der Waals surface area contributed by atoms with Crippen LogP contribution in [-0.4, -0.2) is 35.8 Å². The molecular formula is C24H31NO4. The van der Waals surface area contributed by atoms with Gasteiger partial charge >= 0.3 is 6.09 Å². The van der Waals surface area contributed by atoms with Crippen molar-refractivity contribution in [2.75, 3.05) is 13.1 Å². The van der Waals surface area contributed by atoms with Crippen LogP contribution < -0.4 is 9.47 Å². The number of carbonyl (C=O) groups is 1. The van der Waals surface area contributed by atoms with Crippen molar-refractivity contribution < 1.29 is 19.0 Å². The van der Waals surface area contributed by atoms with Crippen molar-refractivity contribution in [1.29, 1.82) is 0 Å². The summed E-state index contributed by atoms with van der Waals surface area (Å²) in [5.74, 6) is 2.43. The third-order valence-corrected chi connectivity index (χ3v) is 4.65. The van der Waals surface area contributed by atoms with Crippen molar-refractivity contribution in [1.82, 2.24) is 4.90 Å². The summed E-state index contributed by atoms with van der Waals surface area (Å²) in [7, 11) is 0. The van der Waals surface area contributed by atoms with Crippen LogP contribution in [0.1, 0.15) is 44.7 Å². The van der Waals surface area contributed by atoms with Gasteiger partial charge in [0.1, 0.15) is 29.0 Å². The van der Waals surface area contributed by atoms with E-state index in [0.717, 1.165) is 30.1 Å². The van der Waals surface area contributed by atoms with Crippen LogP contribution in [-0.2, 0) is 4.74 Å². The summed E-state index contributed by atoms with van der Waals surface area (Å²) in [4.78, 5) is 13.9. The first-order chi connectivity index (χ1) is 13.7. The first kappa shape index (κ1) is 21.0. The molecule has 1 heterocycles. The largest absolute Gasteiger partial charge is 0.490 e. The Balaban J connectivity index is 1.50. The number of rotatable bonds is 4. The van der Waals surface area contributed by atoms with Gasteiger partial charge in [0.25, 0.3) is 0 Å². The number of nitrogens with zero attached hydrogens (tertiary/aromatic N) is 1. The Morgan fingerprint density at radius 2 is 1.45 bits per heavy atom. The molecular weight excluding hydrogens is 366 g/mol. The van der Waals surface area contributed by atoms with E-state index < -0.39 is 5.60 Å². The van der Waals surface area contributed by atoms with Crippen LogP contribution in [0.4, 0.5) is 4.79 Å². The Morgan fingerprint density at radius 1 is 0.897 bits per heavy atom. The summed E-state index contributed by atoms with van der Waals surface area (Å²) in [6, 6.07) is 13.9. The molecule has 5 nitrogen and oxygen atoms in total. The van der Waals surface area contributed by atoms with E-state index in [0.29, 0.717) is 13.1 Å². The van der Waals surface area contributed by atoms with Crippen molar-refractivity contribution in [3.8, 4) is 17.2 Å². The Labute approximate surface area is 173 Å². The van der Waals surface area contributed by atoms with Gasteiger partial charge in [0.05, 0.1) is 0 Å². The number of carbonyl (C=O) groups excluding carboxylic acids is 1. The molecule has 0 saturated carbocycles. The molecule has 0 aromatic heterocycles. The molecule has 1 saturated heterocycles.